The van der Waals surface area contributed by atoms with E-state index in [1.165, 1.54) is 0 Å². The molecule has 0 N–H and O–H groups in total. The molecule has 1 nitrogen and oxygen atoms in total. The summed E-state index contributed by atoms with van der Waals surface area (Å²) in [6, 6.07) is 16.1. The van der Waals surface area contributed by atoms with E-state index >= 15 is 0 Å². The Labute approximate surface area is 162 Å². The molecule has 126 valence electrons. The van der Waals surface area contributed by atoms with Crippen molar-refractivity contribution in [2.24, 2.45) is 0 Å². The quantitative estimate of drug-likeness (QED) is 0.459. The number of hydrogen-bond acceptors (Lipinski definition) is 1. The van der Waals surface area contributed by atoms with Crippen LogP contribution >= 0.6 is 34.8 Å². The first-order valence-corrected chi connectivity index (χ1v) is 9.01. The fraction of sp³-hybridized carbons (Fsp3) is 0.0952. The van der Waals surface area contributed by atoms with Crippen LogP contribution in [0.3, 0.4) is 0 Å². The van der Waals surface area contributed by atoms with Crippen LogP contribution in [0.15, 0.2) is 59.1 Å². The van der Waals surface area contributed by atoms with E-state index in [1.54, 1.807) is 6.08 Å². The molecule has 4 heteroatoms. The zero-order chi connectivity index (χ0) is 17.8. The van der Waals surface area contributed by atoms with Gasteiger partial charge in [-0.05, 0) is 43.2 Å². The smallest absolute Gasteiger partial charge is 0.103 e. The number of fused-ring (bicyclic) bond motifs is 1. The lowest BCUT2D eigenvalue weighted by Gasteiger charge is -2.11. The highest BCUT2D eigenvalue weighted by atomic mass is 35.5. The van der Waals surface area contributed by atoms with Gasteiger partial charge in [0, 0.05) is 10.9 Å². The van der Waals surface area contributed by atoms with Gasteiger partial charge in [-0.2, -0.15) is 0 Å². The van der Waals surface area contributed by atoms with E-state index in [0.29, 0.717) is 11.4 Å². The van der Waals surface area contributed by atoms with Gasteiger partial charge in [0.15, 0.2) is 0 Å². The summed E-state index contributed by atoms with van der Waals surface area (Å²) in [5.74, 6) is 0. The normalized spacial score (nSPS) is 11.2. The summed E-state index contributed by atoms with van der Waals surface area (Å²) in [4.78, 5) is 4.78. The first-order valence-electron chi connectivity index (χ1n) is 7.87. The summed E-state index contributed by atoms with van der Waals surface area (Å²) in [5, 5.41) is 1.62. The Hall–Kier alpha value is -1.80. The maximum absolute atomic E-state index is 6.69. The molecule has 0 bridgehead atoms. The standard InChI is InChI=1S/C21H16Cl3N/c1-14-7-10-19-17(13-14)21(24)16(9-12-20(22)23)18(25-19)11-8-15-5-3-2-4-6-15/h2-8,10-13H,9H2,1H3. The van der Waals surface area contributed by atoms with Gasteiger partial charge in [0.1, 0.15) is 4.49 Å². The molecule has 0 radical (unpaired) electrons. The van der Waals surface area contributed by atoms with Crippen LogP contribution < -0.4 is 0 Å². The van der Waals surface area contributed by atoms with Gasteiger partial charge in [-0.25, -0.2) is 4.98 Å². The second-order valence-corrected chi connectivity index (χ2v) is 7.14. The third-order valence-corrected chi connectivity index (χ3v) is 4.64. The fourth-order valence-corrected chi connectivity index (χ4v) is 3.13. The van der Waals surface area contributed by atoms with Crippen molar-refractivity contribution in [2.45, 2.75) is 13.3 Å². The highest BCUT2D eigenvalue weighted by Crippen LogP contribution is 2.31. The van der Waals surface area contributed by atoms with Crippen molar-refractivity contribution in [1.82, 2.24) is 4.98 Å². The van der Waals surface area contributed by atoms with Gasteiger partial charge in [0.2, 0.25) is 0 Å². The first-order chi connectivity index (χ1) is 12.0. The molecule has 0 aliphatic rings. The topological polar surface area (TPSA) is 12.9 Å². The lowest BCUT2D eigenvalue weighted by molar-refractivity contribution is 1.20. The van der Waals surface area contributed by atoms with E-state index in [2.05, 4.69) is 0 Å². The maximum Gasteiger partial charge on any atom is 0.103 e. The number of halogens is 3. The van der Waals surface area contributed by atoms with Gasteiger partial charge in [-0.15, -0.1) is 0 Å². The number of rotatable bonds is 4. The van der Waals surface area contributed by atoms with Crippen molar-refractivity contribution >= 4 is 57.9 Å². The molecule has 0 saturated heterocycles. The molecule has 3 aromatic rings. The average Bonchev–Trinajstić information content (AvgIpc) is 2.60. The maximum atomic E-state index is 6.69. The molecular weight excluding hydrogens is 373 g/mol. The van der Waals surface area contributed by atoms with Gasteiger partial charge in [0.25, 0.3) is 0 Å². The van der Waals surface area contributed by atoms with Crippen molar-refractivity contribution in [3.63, 3.8) is 0 Å². The van der Waals surface area contributed by atoms with E-state index in [4.69, 9.17) is 39.8 Å². The average molecular weight is 389 g/mol. The van der Waals surface area contributed by atoms with Crippen molar-refractivity contribution in [1.29, 1.82) is 0 Å². The molecule has 0 spiro atoms. The van der Waals surface area contributed by atoms with Crippen molar-refractivity contribution in [3.05, 3.63) is 86.5 Å². The predicted octanol–water partition coefficient (Wildman–Crippen LogP) is 7.23. The molecule has 25 heavy (non-hydrogen) atoms. The first kappa shape index (κ1) is 18.0. The molecule has 0 fully saturated rings. The zero-order valence-corrected chi connectivity index (χ0v) is 15.9. The summed E-state index contributed by atoms with van der Waals surface area (Å²) in [6.45, 7) is 2.04. The molecule has 1 aromatic heterocycles. The SMILES string of the molecule is Cc1ccc2nc(C=Cc3ccccc3)c(CC=C(Cl)Cl)c(Cl)c2c1. The molecule has 0 amide bonds. The van der Waals surface area contributed by atoms with Crippen LogP contribution in [0.25, 0.3) is 23.1 Å². The van der Waals surface area contributed by atoms with Crippen molar-refractivity contribution in [3.8, 4) is 0 Å². The molecule has 1 heterocycles. The third kappa shape index (κ3) is 4.43. The molecule has 0 aliphatic carbocycles. The number of hydrogen-bond donors (Lipinski definition) is 0. The second kappa shape index (κ2) is 8.05. The Morgan fingerprint density at radius 2 is 1.80 bits per heavy atom. The van der Waals surface area contributed by atoms with E-state index in [1.807, 2.05) is 67.6 Å². The monoisotopic (exact) mass is 387 g/mol. The highest BCUT2D eigenvalue weighted by Gasteiger charge is 2.12. The van der Waals surface area contributed by atoms with Crippen LogP contribution in [-0.2, 0) is 6.42 Å². The number of benzene rings is 2. The van der Waals surface area contributed by atoms with Gasteiger partial charge < -0.3 is 0 Å². The van der Waals surface area contributed by atoms with Gasteiger partial charge in [-0.3, -0.25) is 0 Å². The summed E-state index contributed by atoms with van der Waals surface area (Å²) in [5.41, 5.74) is 4.83. The number of nitrogens with zero attached hydrogens (tertiary/aromatic N) is 1. The predicted molar refractivity (Wildman–Crippen MR) is 110 cm³/mol. The highest BCUT2D eigenvalue weighted by molar-refractivity contribution is 6.55. The Balaban J connectivity index is 2.14. The minimum absolute atomic E-state index is 0.221. The minimum Gasteiger partial charge on any atom is -0.248 e. The fourth-order valence-electron chi connectivity index (χ4n) is 2.65. The van der Waals surface area contributed by atoms with E-state index in [-0.39, 0.29) is 4.49 Å². The molecular formula is C21H16Cl3N. The molecule has 0 aliphatic heterocycles. The summed E-state index contributed by atoms with van der Waals surface area (Å²) >= 11 is 18.3. The molecule has 2 aromatic carbocycles. The lowest BCUT2D eigenvalue weighted by Crippen LogP contribution is -1.96. The molecule has 3 rings (SSSR count). The Morgan fingerprint density at radius 3 is 2.52 bits per heavy atom. The van der Waals surface area contributed by atoms with E-state index in [0.717, 1.165) is 33.3 Å². The van der Waals surface area contributed by atoms with E-state index in [9.17, 15) is 0 Å². The van der Waals surface area contributed by atoms with Gasteiger partial charge in [0.05, 0.1) is 16.2 Å². The lowest BCUT2D eigenvalue weighted by atomic mass is 10.0. The van der Waals surface area contributed by atoms with E-state index < -0.39 is 0 Å². The van der Waals surface area contributed by atoms with Crippen LogP contribution in [0.5, 0.6) is 0 Å². The third-order valence-electron chi connectivity index (χ3n) is 3.90. The number of aromatic nitrogens is 1. The van der Waals surface area contributed by atoms with Gasteiger partial charge in [-0.1, -0.05) is 82.8 Å². The minimum atomic E-state index is 0.221. The second-order valence-electron chi connectivity index (χ2n) is 5.75. The summed E-state index contributed by atoms with van der Waals surface area (Å²) < 4.78 is 0.221. The van der Waals surface area contributed by atoms with Crippen molar-refractivity contribution in [2.75, 3.05) is 0 Å². The molecule has 0 unspecified atom stereocenters. The molecule has 0 saturated carbocycles. The Bertz CT molecular complexity index is 956. The van der Waals surface area contributed by atoms with Crippen LogP contribution in [0.4, 0.5) is 0 Å². The van der Waals surface area contributed by atoms with Crippen molar-refractivity contribution < 1.29 is 0 Å². The van der Waals surface area contributed by atoms with Crippen LogP contribution in [0.2, 0.25) is 5.02 Å². The Morgan fingerprint density at radius 1 is 1.04 bits per heavy atom. The summed E-state index contributed by atoms with van der Waals surface area (Å²) in [6.07, 6.45) is 6.25. The van der Waals surface area contributed by atoms with Gasteiger partial charge >= 0.3 is 0 Å². The Kier molecular flexibility index (Phi) is 5.80. The zero-order valence-electron chi connectivity index (χ0n) is 13.6. The number of aryl methyl sites for hydroxylation is 1. The largest absolute Gasteiger partial charge is 0.248 e. The summed E-state index contributed by atoms with van der Waals surface area (Å²) in [7, 11) is 0. The van der Waals surface area contributed by atoms with Crippen LogP contribution in [0, 0.1) is 6.92 Å². The number of allylic oxidation sites excluding steroid dienone is 1. The molecule has 0 atom stereocenters. The number of pyridine rings is 1. The van der Waals surface area contributed by atoms with Crippen LogP contribution in [-0.4, -0.2) is 4.98 Å². The van der Waals surface area contributed by atoms with Crippen LogP contribution in [0.1, 0.15) is 22.4 Å².